The van der Waals surface area contributed by atoms with Crippen molar-refractivity contribution in [3.05, 3.63) is 47.8 Å². The summed E-state index contributed by atoms with van der Waals surface area (Å²) in [5, 5.41) is 3.60. The van der Waals surface area contributed by atoms with Gasteiger partial charge >= 0.3 is 6.03 Å². The molecular formula is C24H31IN6O2. The van der Waals surface area contributed by atoms with Crippen molar-refractivity contribution in [2.45, 2.75) is 43.7 Å². The molecular weight excluding hydrogens is 531 g/mol. The predicted molar refractivity (Wildman–Crippen MR) is 137 cm³/mol. The van der Waals surface area contributed by atoms with Gasteiger partial charge in [-0.15, -0.1) is 0 Å². The van der Waals surface area contributed by atoms with Crippen molar-refractivity contribution in [3.63, 3.8) is 0 Å². The molecule has 5 rings (SSSR count). The summed E-state index contributed by atoms with van der Waals surface area (Å²) in [5.41, 5.74) is 2.75. The van der Waals surface area contributed by atoms with E-state index >= 15 is 0 Å². The third-order valence-electron chi connectivity index (χ3n) is 7.63. The summed E-state index contributed by atoms with van der Waals surface area (Å²) in [6.07, 6.45) is 5.68. The second-order valence-electron chi connectivity index (χ2n) is 9.31. The van der Waals surface area contributed by atoms with E-state index < -0.39 is 0 Å². The molecule has 176 valence electrons. The third kappa shape index (κ3) is 3.97. The zero-order valence-corrected chi connectivity index (χ0v) is 21.4. The highest BCUT2D eigenvalue weighted by atomic mass is 127. The number of anilines is 2. The second kappa shape index (κ2) is 8.99. The molecule has 0 unspecified atom stereocenters. The third-order valence-corrected chi connectivity index (χ3v) is 9.07. The van der Waals surface area contributed by atoms with Crippen LogP contribution >= 0.6 is 22.9 Å². The summed E-state index contributed by atoms with van der Waals surface area (Å²) < 4.78 is 7.37. The van der Waals surface area contributed by atoms with Gasteiger partial charge in [-0.2, -0.15) is 0 Å². The fourth-order valence-electron chi connectivity index (χ4n) is 5.49. The van der Waals surface area contributed by atoms with E-state index in [-0.39, 0.29) is 17.1 Å². The molecule has 33 heavy (non-hydrogen) atoms. The first-order valence-corrected chi connectivity index (χ1v) is 12.6. The van der Waals surface area contributed by atoms with Gasteiger partial charge in [-0.25, -0.2) is 14.8 Å². The van der Waals surface area contributed by atoms with Crippen LogP contribution in [0.15, 0.2) is 36.5 Å². The molecule has 0 bridgehead atoms. The zero-order valence-electron chi connectivity index (χ0n) is 19.3. The SMILES string of the molecule is CN[C@]1(c2ccccc2)CC[C@]2(CC1)CN(c1cnc(N3CCOCC3)nc1C)C(=O)N2I. The smallest absolute Gasteiger partial charge is 0.334 e. The number of morpholine rings is 1. The Morgan fingerprint density at radius 3 is 2.42 bits per heavy atom. The molecule has 3 aliphatic rings. The second-order valence-corrected chi connectivity index (χ2v) is 10.3. The fraction of sp³-hybridized carbons (Fsp3) is 0.542. The monoisotopic (exact) mass is 562 g/mol. The molecule has 2 saturated heterocycles. The minimum absolute atomic E-state index is 0.0260. The Kier molecular flexibility index (Phi) is 6.21. The van der Waals surface area contributed by atoms with Crippen LogP contribution in [0.1, 0.15) is 36.9 Å². The van der Waals surface area contributed by atoms with Crippen LogP contribution in [-0.4, -0.2) is 64.5 Å². The van der Waals surface area contributed by atoms with Crippen molar-refractivity contribution in [3.8, 4) is 0 Å². The highest BCUT2D eigenvalue weighted by Gasteiger charge is 2.54. The summed E-state index contributed by atoms with van der Waals surface area (Å²) in [5.74, 6) is 0.714. The summed E-state index contributed by atoms with van der Waals surface area (Å²) in [6, 6.07) is 10.7. The number of hydrogen-bond acceptors (Lipinski definition) is 6. The lowest BCUT2D eigenvalue weighted by atomic mass is 9.69. The largest absolute Gasteiger partial charge is 0.378 e. The normalized spacial score (nSPS) is 28.1. The van der Waals surface area contributed by atoms with E-state index in [1.54, 1.807) is 0 Å². The topological polar surface area (TPSA) is 73.8 Å². The first-order valence-electron chi connectivity index (χ1n) is 11.7. The number of benzene rings is 1. The number of aryl methyl sites for hydroxylation is 1. The van der Waals surface area contributed by atoms with E-state index in [1.807, 2.05) is 21.1 Å². The van der Waals surface area contributed by atoms with E-state index in [1.165, 1.54) is 5.56 Å². The maximum atomic E-state index is 13.4. The number of carbonyl (C=O) groups excluding carboxylic acids is 1. The van der Waals surface area contributed by atoms with Crippen molar-refractivity contribution in [2.24, 2.45) is 0 Å². The molecule has 2 amide bonds. The molecule has 1 spiro atoms. The summed E-state index contributed by atoms with van der Waals surface area (Å²) in [7, 11) is 2.05. The van der Waals surface area contributed by atoms with Gasteiger partial charge in [-0.3, -0.25) is 8.01 Å². The quantitative estimate of drug-likeness (QED) is 0.454. The number of carbonyl (C=O) groups is 1. The first kappa shape index (κ1) is 22.8. The first-order chi connectivity index (χ1) is 16.0. The molecule has 8 nitrogen and oxygen atoms in total. The lowest BCUT2D eigenvalue weighted by Crippen LogP contribution is -2.52. The van der Waals surface area contributed by atoms with Gasteiger partial charge in [0.15, 0.2) is 0 Å². The van der Waals surface area contributed by atoms with Crippen LogP contribution in [0.5, 0.6) is 0 Å². The molecule has 3 heterocycles. The maximum Gasteiger partial charge on any atom is 0.334 e. The van der Waals surface area contributed by atoms with E-state index in [0.29, 0.717) is 25.7 Å². The Morgan fingerprint density at radius 1 is 1.09 bits per heavy atom. The maximum absolute atomic E-state index is 13.4. The summed E-state index contributed by atoms with van der Waals surface area (Å²) in [6.45, 7) is 5.61. The lowest BCUT2D eigenvalue weighted by molar-refractivity contribution is 0.122. The minimum atomic E-state index is -0.178. The van der Waals surface area contributed by atoms with Gasteiger partial charge in [0.2, 0.25) is 5.95 Å². The average Bonchev–Trinajstić information content (AvgIpc) is 3.11. The van der Waals surface area contributed by atoms with Crippen LogP contribution in [0, 0.1) is 6.92 Å². The van der Waals surface area contributed by atoms with Crippen LogP contribution in [0.4, 0.5) is 16.4 Å². The van der Waals surface area contributed by atoms with Gasteiger partial charge in [-0.1, -0.05) is 30.3 Å². The van der Waals surface area contributed by atoms with Crippen LogP contribution < -0.4 is 15.1 Å². The predicted octanol–water partition coefficient (Wildman–Crippen LogP) is 3.64. The summed E-state index contributed by atoms with van der Waals surface area (Å²) >= 11 is 2.22. The van der Waals surface area contributed by atoms with Crippen molar-refractivity contribution < 1.29 is 9.53 Å². The molecule has 2 aromatic rings. The fourth-order valence-corrected chi connectivity index (χ4v) is 6.38. The lowest BCUT2D eigenvalue weighted by Gasteiger charge is -2.46. The van der Waals surface area contributed by atoms with Gasteiger partial charge < -0.3 is 15.0 Å². The van der Waals surface area contributed by atoms with Gasteiger partial charge in [0, 0.05) is 18.6 Å². The Hall–Kier alpha value is -1.98. The van der Waals surface area contributed by atoms with Crippen LogP contribution in [0.25, 0.3) is 0 Å². The molecule has 1 aromatic heterocycles. The van der Waals surface area contributed by atoms with Crippen molar-refractivity contribution in [1.29, 1.82) is 0 Å². The molecule has 1 aliphatic carbocycles. The number of ether oxygens (including phenoxy) is 1. The van der Waals surface area contributed by atoms with Crippen LogP contribution in [0.3, 0.4) is 0 Å². The van der Waals surface area contributed by atoms with Gasteiger partial charge in [0.1, 0.15) is 0 Å². The van der Waals surface area contributed by atoms with Crippen molar-refractivity contribution in [2.75, 3.05) is 49.7 Å². The number of nitrogens with zero attached hydrogens (tertiary/aromatic N) is 5. The van der Waals surface area contributed by atoms with E-state index in [4.69, 9.17) is 9.72 Å². The average molecular weight is 562 g/mol. The molecule has 1 aromatic carbocycles. The van der Waals surface area contributed by atoms with Gasteiger partial charge in [0.25, 0.3) is 0 Å². The number of rotatable bonds is 4. The molecule has 9 heteroatoms. The zero-order chi connectivity index (χ0) is 23.1. The Labute approximate surface area is 209 Å². The van der Waals surface area contributed by atoms with Crippen LogP contribution in [0.2, 0.25) is 0 Å². The van der Waals surface area contributed by atoms with Crippen molar-refractivity contribution in [1.82, 2.24) is 18.4 Å². The van der Waals surface area contributed by atoms with E-state index in [9.17, 15) is 4.79 Å². The van der Waals surface area contributed by atoms with Crippen molar-refractivity contribution >= 4 is 40.5 Å². The molecule has 2 aliphatic heterocycles. The Morgan fingerprint density at radius 2 is 1.79 bits per heavy atom. The number of nitrogens with one attached hydrogen (secondary N) is 1. The number of halogens is 1. The highest BCUT2D eigenvalue weighted by Crippen LogP contribution is 2.48. The van der Waals surface area contributed by atoms with Gasteiger partial charge in [-0.05, 0) is 45.2 Å². The number of amides is 2. The minimum Gasteiger partial charge on any atom is -0.378 e. The van der Waals surface area contributed by atoms with Crippen LogP contribution in [-0.2, 0) is 10.3 Å². The Balaban J connectivity index is 1.35. The molecule has 0 atom stereocenters. The molecule has 1 N–H and O–H groups in total. The summed E-state index contributed by atoms with van der Waals surface area (Å²) in [4.78, 5) is 26.7. The molecule has 0 radical (unpaired) electrons. The Bertz CT molecular complexity index is 1010. The number of hydrogen-bond donors (Lipinski definition) is 1. The van der Waals surface area contributed by atoms with Gasteiger partial charge in [0.05, 0.1) is 65.7 Å². The highest BCUT2D eigenvalue weighted by molar-refractivity contribution is 14.1. The number of aromatic nitrogens is 2. The molecule has 3 fully saturated rings. The van der Waals surface area contributed by atoms with E-state index in [2.05, 4.69) is 75.4 Å². The van der Waals surface area contributed by atoms with E-state index in [0.717, 1.165) is 50.2 Å². The number of urea groups is 1. The standard InChI is InChI=1S/C24H31IN6O2/c1-18-20(16-27-21(28-18)29-12-14-33-15-13-29)30-17-23(31(25)22(30)32)8-10-24(26-2,11-9-23)19-6-4-3-5-7-19/h3-7,16,26H,8-15,17H2,1-2H3/t23-,24+. The molecule has 1 saturated carbocycles.